The fraction of sp³-hybridized carbons (Fsp3) is 0.545. The average Bonchev–Trinajstić information content (AvgIpc) is 2.68. The third-order valence-electron chi connectivity index (χ3n) is 2.23. The normalized spacial score (nSPS) is 10.2. The number of ether oxygens (including phenoxy) is 1. The second kappa shape index (κ2) is 7.11. The van der Waals surface area contributed by atoms with E-state index in [-0.39, 0.29) is 12.3 Å². The smallest absolute Gasteiger partial charge is 0.361 e. The van der Waals surface area contributed by atoms with E-state index in [4.69, 9.17) is 4.74 Å². The van der Waals surface area contributed by atoms with Gasteiger partial charge in [-0.15, -0.1) is 5.10 Å². The molecule has 6 heteroatoms. The molecular formula is C11H17N3O2S. The second-order valence-electron chi connectivity index (χ2n) is 3.48. The summed E-state index contributed by atoms with van der Waals surface area (Å²) in [5.74, 6) is 0.619. The molecule has 0 fully saturated rings. The number of hydrogen-bond donors (Lipinski definition) is 0. The van der Waals surface area contributed by atoms with E-state index in [1.54, 1.807) is 16.4 Å². The number of carbonyl (C=O) groups excluding carboxylic acids is 1. The Balaban J connectivity index is 2.62. The number of carbonyl (C=O) groups is 1. The first-order valence-electron chi connectivity index (χ1n) is 5.37. The van der Waals surface area contributed by atoms with Crippen LogP contribution in [-0.4, -0.2) is 39.6 Å². The minimum absolute atomic E-state index is 0.192. The molecule has 0 bridgehead atoms. The molecule has 1 aromatic rings. The van der Waals surface area contributed by atoms with Crippen LogP contribution in [0.25, 0.3) is 0 Å². The molecule has 0 N–H and O–H groups in total. The monoisotopic (exact) mass is 255 g/mol. The molecule has 0 aliphatic heterocycles. The van der Waals surface area contributed by atoms with Gasteiger partial charge in [-0.3, -0.25) is 0 Å². The zero-order valence-electron chi connectivity index (χ0n) is 10.2. The Morgan fingerprint density at radius 3 is 3.06 bits per heavy atom. The topological polar surface area (TPSA) is 57.0 Å². The molecule has 0 unspecified atom stereocenters. The van der Waals surface area contributed by atoms with Gasteiger partial charge < -0.3 is 4.74 Å². The highest BCUT2D eigenvalue weighted by atomic mass is 32.2. The van der Waals surface area contributed by atoms with Gasteiger partial charge in [0.15, 0.2) is 5.69 Å². The first kappa shape index (κ1) is 13.8. The van der Waals surface area contributed by atoms with Crippen LogP contribution in [0.2, 0.25) is 0 Å². The van der Waals surface area contributed by atoms with Gasteiger partial charge in [0.2, 0.25) is 0 Å². The van der Waals surface area contributed by atoms with Crippen molar-refractivity contribution in [1.82, 2.24) is 15.0 Å². The first-order valence-corrected chi connectivity index (χ1v) is 6.77. The van der Waals surface area contributed by atoms with E-state index in [0.29, 0.717) is 0 Å². The molecule has 0 radical (unpaired) electrons. The number of rotatable bonds is 7. The molecule has 0 spiro atoms. The van der Waals surface area contributed by atoms with Crippen LogP contribution in [0.5, 0.6) is 0 Å². The highest BCUT2D eigenvalue weighted by Crippen LogP contribution is 2.07. The molecule has 1 heterocycles. The standard InChI is InChI=1S/C11H17N3O2S/c1-4-7-16-11(15)10-9(2)14(13-12-10)6-5-8-17-3/h4H,1,5-8H2,2-3H3. The number of aryl methyl sites for hydroxylation is 1. The molecule has 0 amide bonds. The minimum Gasteiger partial charge on any atom is -0.457 e. The van der Waals surface area contributed by atoms with Crippen LogP contribution in [0.4, 0.5) is 0 Å². The first-order chi connectivity index (χ1) is 8.20. The maximum atomic E-state index is 11.6. The molecule has 0 saturated heterocycles. The van der Waals surface area contributed by atoms with Gasteiger partial charge in [-0.2, -0.15) is 11.8 Å². The molecule has 0 atom stereocenters. The van der Waals surface area contributed by atoms with Crippen molar-refractivity contribution in [3.8, 4) is 0 Å². The summed E-state index contributed by atoms with van der Waals surface area (Å²) in [6.45, 7) is 6.27. The summed E-state index contributed by atoms with van der Waals surface area (Å²) in [5.41, 5.74) is 1.04. The zero-order valence-corrected chi connectivity index (χ0v) is 11.0. The van der Waals surface area contributed by atoms with E-state index in [2.05, 4.69) is 23.1 Å². The quantitative estimate of drug-likeness (QED) is 0.421. The van der Waals surface area contributed by atoms with Gasteiger partial charge in [0.1, 0.15) is 6.61 Å². The van der Waals surface area contributed by atoms with Crippen LogP contribution in [0.3, 0.4) is 0 Å². The second-order valence-corrected chi connectivity index (χ2v) is 4.47. The fourth-order valence-corrected chi connectivity index (χ4v) is 1.74. The molecular weight excluding hydrogens is 238 g/mol. The molecule has 1 aromatic heterocycles. The maximum absolute atomic E-state index is 11.6. The minimum atomic E-state index is -0.446. The Morgan fingerprint density at radius 1 is 1.65 bits per heavy atom. The average molecular weight is 255 g/mol. The molecule has 17 heavy (non-hydrogen) atoms. The van der Waals surface area contributed by atoms with Crippen molar-refractivity contribution < 1.29 is 9.53 Å². The van der Waals surface area contributed by atoms with Gasteiger partial charge in [-0.25, -0.2) is 9.48 Å². The summed E-state index contributed by atoms with van der Waals surface area (Å²) in [7, 11) is 0. The van der Waals surface area contributed by atoms with Crippen molar-refractivity contribution in [2.24, 2.45) is 0 Å². The summed E-state index contributed by atoms with van der Waals surface area (Å²) < 4.78 is 6.66. The van der Waals surface area contributed by atoms with Crippen LogP contribution in [0, 0.1) is 6.92 Å². The van der Waals surface area contributed by atoms with Crippen molar-refractivity contribution in [1.29, 1.82) is 0 Å². The predicted molar refractivity (Wildman–Crippen MR) is 68.2 cm³/mol. The lowest BCUT2D eigenvalue weighted by molar-refractivity contribution is 0.0542. The Hall–Kier alpha value is -1.30. The number of aromatic nitrogens is 3. The Bertz CT molecular complexity index is 390. The van der Waals surface area contributed by atoms with Crippen molar-refractivity contribution in [2.45, 2.75) is 19.9 Å². The Kier molecular flexibility index (Phi) is 5.76. The summed E-state index contributed by atoms with van der Waals surface area (Å²) in [4.78, 5) is 11.6. The van der Waals surface area contributed by atoms with Crippen molar-refractivity contribution >= 4 is 17.7 Å². The molecule has 0 aromatic carbocycles. The Morgan fingerprint density at radius 2 is 2.41 bits per heavy atom. The van der Waals surface area contributed by atoms with E-state index in [1.165, 1.54) is 6.08 Å². The molecule has 5 nitrogen and oxygen atoms in total. The highest BCUT2D eigenvalue weighted by molar-refractivity contribution is 7.98. The lowest BCUT2D eigenvalue weighted by atomic mass is 10.3. The fourth-order valence-electron chi connectivity index (χ4n) is 1.32. The predicted octanol–water partition coefficient (Wildman–Crippen LogP) is 1.68. The SMILES string of the molecule is C=CCOC(=O)c1nnn(CCCSC)c1C. The highest BCUT2D eigenvalue weighted by Gasteiger charge is 2.17. The van der Waals surface area contributed by atoms with Crippen molar-refractivity contribution in [3.05, 3.63) is 24.0 Å². The Labute approximate surface area is 105 Å². The molecule has 0 aliphatic rings. The van der Waals surface area contributed by atoms with Gasteiger partial charge >= 0.3 is 5.97 Å². The van der Waals surface area contributed by atoms with E-state index in [0.717, 1.165) is 24.4 Å². The molecule has 0 saturated carbocycles. The lowest BCUT2D eigenvalue weighted by Gasteiger charge is -2.02. The van der Waals surface area contributed by atoms with Crippen LogP contribution in [0.15, 0.2) is 12.7 Å². The lowest BCUT2D eigenvalue weighted by Crippen LogP contribution is -2.09. The van der Waals surface area contributed by atoms with E-state index < -0.39 is 5.97 Å². The summed E-state index contributed by atoms with van der Waals surface area (Å²) >= 11 is 1.79. The zero-order chi connectivity index (χ0) is 12.7. The van der Waals surface area contributed by atoms with Crippen molar-refractivity contribution in [2.75, 3.05) is 18.6 Å². The van der Waals surface area contributed by atoms with E-state index in [1.807, 2.05) is 6.92 Å². The van der Waals surface area contributed by atoms with Crippen LogP contribution >= 0.6 is 11.8 Å². The third kappa shape index (κ3) is 3.89. The third-order valence-corrected chi connectivity index (χ3v) is 2.92. The van der Waals surface area contributed by atoms with Gasteiger partial charge in [-0.1, -0.05) is 17.9 Å². The number of hydrogen-bond acceptors (Lipinski definition) is 5. The number of nitrogens with zero attached hydrogens (tertiary/aromatic N) is 3. The number of esters is 1. The van der Waals surface area contributed by atoms with Gasteiger partial charge in [-0.05, 0) is 25.4 Å². The largest absolute Gasteiger partial charge is 0.457 e. The summed E-state index contributed by atoms with van der Waals surface area (Å²) in [5, 5.41) is 7.79. The van der Waals surface area contributed by atoms with E-state index >= 15 is 0 Å². The van der Waals surface area contributed by atoms with Gasteiger partial charge in [0, 0.05) is 6.54 Å². The summed E-state index contributed by atoms with van der Waals surface area (Å²) in [6, 6.07) is 0. The van der Waals surface area contributed by atoms with Crippen LogP contribution in [-0.2, 0) is 11.3 Å². The van der Waals surface area contributed by atoms with Gasteiger partial charge in [0.25, 0.3) is 0 Å². The van der Waals surface area contributed by atoms with Gasteiger partial charge in [0.05, 0.1) is 5.69 Å². The van der Waals surface area contributed by atoms with E-state index in [9.17, 15) is 4.79 Å². The number of thioether (sulfide) groups is 1. The molecule has 1 rings (SSSR count). The summed E-state index contributed by atoms with van der Waals surface area (Å²) in [6.07, 6.45) is 4.59. The van der Waals surface area contributed by atoms with Crippen molar-refractivity contribution in [3.63, 3.8) is 0 Å². The van der Waals surface area contributed by atoms with Crippen LogP contribution in [0.1, 0.15) is 22.6 Å². The van der Waals surface area contributed by atoms with Crippen LogP contribution < -0.4 is 0 Å². The molecule has 0 aliphatic carbocycles. The molecule has 94 valence electrons. The maximum Gasteiger partial charge on any atom is 0.361 e.